The zero-order valence-electron chi connectivity index (χ0n) is 28.2. The fraction of sp³-hybridized carbons (Fsp3) is 0.179. The lowest BCUT2D eigenvalue weighted by atomic mass is 10.0. The normalized spacial score (nSPS) is 9.96. The number of carbonyl (C=O) groups is 4. The second-order valence-electron chi connectivity index (χ2n) is 10.1. The minimum atomic E-state index is -0.501. The Kier molecular flexibility index (Phi) is 18.1. The van der Waals surface area contributed by atoms with Crippen LogP contribution in [0.25, 0.3) is 11.1 Å². The molecule has 0 N–H and O–H groups in total. The van der Waals surface area contributed by atoms with Crippen LogP contribution in [0.4, 0.5) is 0 Å². The maximum Gasteiger partial charge on any atom is 0.338 e. The molecule has 0 bridgehead atoms. The molecule has 0 unspecified atom stereocenters. The Morgan fingerprint density at radius 2 is 1.38 bits per heavy atom. The van der Waals surface area contributed by atoms with Gasteiger partial charge in [0.2, 0.25) is 0 Å². The van der Waals surface area contributed by atoms with Crippen molar-refractivity contribution in [1.82, 2.24) is 0 Å². The second kappa shape index (κ2) is 21.7. The van der Waals surface area contributed by atoms with Gasteiger partial charge >= 0.3 is 11.9 Å². The standard InChI is InChI=1S/C24H26O5.C11H10O3.C4H6O/c1-6-7-12-28-23-15-18(4)22(26-5)16-21(23)19-8-10-20(11-9-19)27-13-14-29-24(25)17(2)3;1-8(2)11(13)14-10-5-3-9(7-12)4-6-10;1-4(2)3-5/h6-11,13-16H,2,12H2,1,3-5H3;3-7H,1H2,2H3;3H,1H2,2H3/b7-6+,14-13+;;. The van der Waals surface area contributed by atoms with E-state index in [1.54, 1.807) is 52.1 Å². The molecule has 0 radical (unpaired) electrons. The molecule has 3 aromatic carbocycles. The van der Waals surface area contributed by atoms with E-state index in [4.69, 9.17) is 23.7 Å². The van der Waals surface area contributed by atoms with E-state index in [2.05, 4.69) is 19.7 Å². The van der Waals surface area contributed by atoms with Gasteiger partial charge in [-0.05, 0) is 99.8 Å². The van der Waals surface area contributed by atoms with E-state index in [9.17, 15) is 19.2 Å². The Labute approximate surface area is 282 Å². The number of allylic oxidation sites excluding steroid dienone is 2. The van der Waals surface area contributed by atoms with E-state index in [1.807, 2.05) is 62.4 Å². The van der Waals surface area contributed by atoms with E-state index in [0.29, 0.717) is 40.4 Å². The number of aryl methyl sites for hydroxylation is 1. The average Bonchev–Trinajstić information content (AvgIpc) is 3.08. The maximum atomic E-state index is 11.3. The van der Waals surface area contributed by atoms with E-state index < -0.39 is 11.9 Å². The summed E-state index contributed by atoms with van der Waals surface area (Å²) in [7, 11) is 1.65. The number of esters is 2. The van der Waals surface area contributed by atoms with E-state index in [0.717, 1.165) is 40.8 Å². The largest absolute Gasteiger partial charge is 0.496 e. The number of carbonyl (C=O) groups excluding carboxylic acids is 4. The highest BCUT2D eigenvalue weighted by molar-refractivity contribution is 5.89. The van der Waals surface area contributed by atoms with Gasteiger partial charge in [-0.2, -0.15) is 0 Å². The molecule has 48 heavy (non-hydrogen) atoms. The van der Waals surface area contributed by atoms with Crippen molar-refractivity contribution in [2.45, 2.75) is 34.6 Å². The fourth-order valence-electron chi connectivity index (χ4n) is 3.28. The molecule has 0 aliphatic rings. The Bertz CT molecular complexity index is 1630. The van der Waals surface area contributed by atoms with Crippen molar-refractivity contribution in [3.63, 3.8) is 0 Å². The van der Waals surface area contributed by atoms with Crippen LogP contribution in [0.2, 0.25) is 0 Å². The minimum Gasteiger partial charge on any atom is -0.496 e. The second-order valence-corrected chi connectivity index (χ2v) is 10.1. The first-order valence-corrected chi connectivity index (χ1v) is 14.6. The van der Waals surface area contributed by atoms with Crippen LogP contribution in [-0.2, 0) is 19.1 Å². The Morgan fingerprint density at radius 3 is 1.88 bits per heavy atom. The van der Waals surface area contributed by atoms with Gasteiger partial charge in [0.25, 0.3) is 0 Å². The third kappa shape index (κ3) is 14.9. The van der Waals surface area contributed by atoms with Crippen molar-refractivity contribution in [3.8, 4) is 34.1 Å². The van der Waals surface area contributed by atoms with Crippen LogP contribution in [-0.4, -0.2) is 38.2 Å². The minimum absolute atomic E-state index is 0.319. The summed E-state index contributed by atoms with van der Waals surface area (Å²) < 4.78 is 26.6. The summed E-state index contributed by atoms with van der Waals surface area (Å²) in [6.07, 6.45) is 7.83. The summed E-state index contributed by atoms with van der Waals surface area (Å²) in [5.74, 6) is 1.61. The highest BCUT2D eigenvalue weighted by Gasteiger charge is 2.12. The molecule has 9 nitrogen and oxygen atoms in total. The predicted molar refractivity (Wildman–Crippen MR) is 187 cm³/mol. The molecule has 0 amide bonds. The van der Waals surface area contributed by atoms with Crippen molar-refractivity contribution >= 4 is 24.5 Å². The van der Waals surface area contributed by atoms with Crippen molar-refractivity contribution in [2.75, 3.05) is 13.7 Å². The molecule has 3 rings (SSSR count). The molecule has 0 heterocycles. The van der Waals surface area contributed by atoms with Gasteiger partial charge in [0.1, 0.15) is 54.7 Å². The molecule has 0 aliphatic heterocycles. The molecule has 0 fully saturated rings. The lowest BCUT2D eigenvalue weighted by molar-refractivity contribution is -0.133. The zero-order valence-corrected chi connectivity index (χ0v) is 28.2. The van der Waals surface area contributed by atoms with Crippen LogP contribution in [0.3, 0.4) is 0 Å². The number of benzene rings is 3. The summed E-state index contributed by atoms with van der Waals surface area (Å²) in [4.78, 5) is 42.1. The van der Waals surface area contributed by atoms with Crippen LogP contribution < -0.4 is 18.9 Å². The Balaban J connectivity index is 0.000000500. The van der Waals surface area contributed by atoms with Gasteiger partial charge in [0, 0.05) is 22.3 Å². The first-order valence-electron chi connectivity index (χ1n) is 14.6. The first kappa shape index (κ1) is 40.1. The molecule has 0 spiro atoms. The van der Waals surface area contributed by atoms with E-state index >= 15 is 0 Å². The third-order valence-electron chi connectivity index (χ3n) is 5.79. The fourth-order valence-corrected chi connectivity index (χ4v) is 3.28. The van der Waals surface area contributed by atoms with E-state index in [-0.39, 0.29) is 0 Å². The molecule has 0 aliphatic carbocycles. The van der Waals surface area contributed by atoms with Gasteiger partial charge < -0.3 is 23.7 Å². The monoisotopic (exact) mass is 654 g/mol. The molecule has 252 valence electrons. The Hall–Kier alpha value is -5.96. The summed E-state index contributed by atoms with van der Waals surface area (Å²) in [6.45, 7) is 19.5. The number of ether oxygens (including phenoxy) is 5. The van der Waals surface area contributed by atoms with Crippen LogP contribution in [0.5, 0.6) is 23.0 Å². The first-order chi connectivity index (χ1) is 22.9. The van der Waals surface area contributed by atoms with Crippen LogP contribution >= 0.6 is 0 Å². The molecule has 9 heteroatoms. The van der Waals surface area contributed by atoms with Crippen molar-refractivity contribution in [1.29, 1.82) is 0 Å². The molecular formula is C39H42O9. The maximum absolute atomic E-state index is 11.3. The smallest absolute Gasteiger partial charge is 0.338 e. The molecular weight excluding hydrogens is 612 g/mol. The molecule has 0 atom stereocenters. The summed E-state index contributed by atoms with van der Waals surface area (Å²) in [5, 5.41) is 0. The van der Waals surface area contributed by atoms with Crippen molar-refractivity contribution in [2.24, 2.45) is 0 Å². The number of hydrogen-bond acceptors (Lipinski definition) is 9. The molecule has 0 saturated heterocycles. The van der Waals surface area contributed by atoms with Gasteiger partial charge in [-0.15, -0.1) is 0 Å². The van der Waals surface area contributed by atoms with Gasteiger partial charge in [0.15, 0.2) is 0 Å². The number of aldehydes is 2. The summed E-state index contributed by atoms with van der Waals surface area (Å²) in [6, 6.07) is 17.7. The van der Waals surface area contributed by atoms with Crippen molar-refractivity contribution in [3.05, 3.63) is 133 Å². The third-order valence-corrected chi connectivity index (χ3v) is 5.79. The number of rotatable bonds is 13. The van der Waals surface area contributed by atoms with Gasteiger partial charge in [-0.25, -0.2) is 9.59 Å². The van der Waals surface area contributed by atoms with Crippen LogP contribution in [0.1, 0.15) is 43.6 Å². The topological polar surface area (TPSA) is 114 Å². The lowest BCUT2D eigenvalue weighted by Gasteiger charge is -2.15. The molecule has 0 saturated carbocycles. The number of methoxy groups -OCH3 is 1. The highest BCUT2D eigenvalue weighted by Crippen LogP contribution is 2.36. The summed E-state index contributed by atoms with van der Waals surface area (Å²) in [5.41, 5.74) is 4.66. The van der Waals surface area contributed by atoms with Crippen LogP contribution in [0, 0.1) is 6.92 Å². The molecule has 3 aromatic rings. The van der Waals surface area contributed by atoms with Gasteiger partial charge in [0.05, 0.1) is 7.11 Å². The molecule has 0 aromatic heterocycles. The Morgan fingerprint density at radius 1 is 0.792 bits per heavy atom. The SMILES string of the molecule is C=C(C)C(=O)O/C=C/Oc1ccc(-c2cc(OC)c(C)cc2OC/C=C/C)cc1.C=C(C)C(=O)Oc1ccc(C=O)cc1.C=C(C)C=O. The van der Waals surface area contributed by atoms with Crippen molar-refractivity contribution < 1.29 is 42.9 Å². The van der Waals surface area contributed by atoms with E-state index in [1.165, 1.54) is 12.5 Å². The average molecular weight is 655 g/mol. The summed E-state index contributed by atoms with van der Waals surface area (Å²) >= 11 is 0. The van der Waals surface area contributed by atoms with Gasteiger partial charge in [-0.1, -0.05) is 44.0 Å². The van der Waals surface area contributed by atoms with Crippen LogP contribution in [0.15, 0.2) is 122 Å². The zero-order chi connectivity index (χ0) is 36.1. The lowest BCUT2D eigenvalue weighted by Crippen LogP contribution is -2.07. The quantitative estimate of drug-likeness (QED) is 0.0448. The number of hydrogen-bond donors (Lipinski definition) is 0. The van der Waals surface area contributed by atoms with Gasteiger partial charge in [-0.3, -0.25) is 9.59 Å². The predicted octanol–water partition coefficient (Wildman–Crippen LogP) is 8.34. The highest BCUT2D eigenvalue weighted by atomic mass is 16.5.